The molecule has 1 aromatic heterocycles. The van der Waals surface area contributed by atoms with E-state index in [0.717, 1.165) is 12.8 Å². The molecule has 4 heteroatoms. The fourth-order valence-corrected chi connectivity index (χ4v) is 1.90. The predicted molar refractivity (Wildman–Crippen MR) is 58.0 cm³/mol. The molecule has 0 atom stereocenters. The first-order valence-electron chi connectivity index (χ1n) is 5.52. The van der Waals surface area contributed by atoms with Gasteiger partial charge in [0.15, 0.2) is 0 Å². The molecule has 2 rings (SSSR count). The first-order chi connectivity index (χ1) is 7.22. The number of hydrogen-bond donors (Lipinski definition) is 0. The van der Waals surface area contributed by atoms with Gasteiger partial charge in [-0.2, -0.15) is 0 Å². The monoisotopic (exact) mass is 208 g/mol. The van der Waals surface area contributed by atoms with Crippen LogP contribution in [-0.4, -0.2) is 9.13 Å². The molecule has 0 spiro atoms. The standard InChI is InChI=1S/C11H16N2O2/c1-2-12-7-6-10(14)13(11(12)15)8-9-4-3-5-9/h6-7,9H,2-5,8H2,1H3. The molecule has 1 fully saturated rings. The van der Waals surface area contributed by atoms with E-state index in [-0.39, 0.29) is 11.2 Å². The van der Waals surface area contributed by atoms with E-state index < -0.39 is 0 Å². The minimum absolute atomic E-state index is 0.170. The number of nitrogens with zero attached hydrogens (tertiary/aromatic N) is 2. The van der Waals surface area contributed by atoms with Crippen LogP contribution in [0.2, 0.25) is 0 Å². The van der Waals surface area contributed by atoms with Crippen LogP contribution in [0.4, 0.5) is 0 Å². The van der Waals surface area contributed by atoms with Crippen molar-refractivity contribution in [1.29, 1.82) is 0 Å². The maximum atomic E-state index is 11.8. The summed E-state index contributed by atoms with van der Waals surface area (Å²) in [5.74, 6) is 0.531. The zero-order valence-corrected chi connectivity index (χ0v) is 8.98. The highest BCUT2D eigenvalue weighted by molar-refractivity contribution is 4.87. The zero-order valence-electron chi connectivity index (χ0n) is 8.98. The summed E-state index contributed by atoms with van der Waals surface area (Å²) in [7, 11) is 0. The maximum absolute atomic E-state index is 11.8. The first kappa shape index (κ1) is 10.2. The van der Waals surface area contributed by atoms with E-state index in [0.29, 0.717) is 19.0 Å². The van der Waals surface area contributed by atoms with Crippen LogP contribution in [0.1, 0.15) is 26.2 Å². The van der Waals surface area contributed by atoms with Gasteiger partial charge in [0.05, 0.1) is 0 Å². The Bertz CT molecular complexity index is 454. The third-order valence-electron chi connectivity index (χ3n) is 3.15. The van der Waals surface area contributed by atoms with E-state index in [9.17, 15) is 9.59 Å². The smallest absolute Gasteiger partial charge is 0.301 e. The lowest BCUT2D eigenvalue weighted by atomic mass is 9.85. The van der Waals surface area contributed by atoms with Gasteiger partial charge in [-0.25, -0.2) is 4.79 Å². The molecule has 15 heavy (non-hydrogen) atoms. The second kappa shape index (κ2) is 4.04. The minimum Gasteiger partial charge on any atom is -0.301 e. The van der Waals surface area contributed by atoms with Crippen molar-refractivity contribution in [3.8, 4) is 0 Å². The van der Waals surface area contributed by atoms with Gasteiger partial charge >= 0.3 is 5.69 Å². The van der Waals surface area contributed by atoms with Gasteiger partial charge in [0.25, 0.3) is 5.56 Å². The Morgan fingerprint density at radius 3 is 2.67 bits per heavy atom. The minimum atomic E-state index is -0.170. The molecule has 1 heterocycles. The Hall–Kier alpha value is -1.32. The van der Waals surface area contributed by atoms with E-state index in [1.807, 2.05) is 6.92 Å². The number of aromatic nitrogens is 2. The highest BCUT2D eigenvalue weighted by Gasteiger charge is 2.19. The highest BCUT2D eigenvalue weighted by Crippen LogP contribution is 2.26. The SMILES string of the molecule is CCn1ccc(=O)n(CC2CCC2)c1=O. The van der Waals surface area contributed by atoms with E-state index in [4.69, 9.17) is 0 Å². The van der Waals surface area contributed by atoms with Crippen LogP contribution < -0.4 is 11.2 Å². The summed E-state index contributed by atoms with van der Waals surface area (Å²) >= 11 is 0. The molecule has 1 aromatic rings. The molecule has 1 saturated carbocycles. The summed E-state index contributed by atoms with van der Waals surface area (Å²) in [6.45, 7) is 3.11. The van der Waals surface area contributed by atoms with Gasteiger partial charge in [0, 0.05) is 25.4 Å². The molecule has 0 radical (unpaired) electrons. The topological polar surface area (TPSA) is 44.0 Å². The molecule has 0 aromatic carbocycles. The number of hydrogen-bond acceptors (Lipinski definition) is 2. The van der Waals surface area contributed by atoms with Crippen LogP contribution in [0.3, 0.4) is 0 Å². The number of rotatable bonds is 3. The van der Waals surface area contributed by atoms with Crippen LogP contribution in [0.15, 0.2) is 21.9 Å². The molecule has 1 aliphatic rings. The molecule has 0 unspecified atom stereocenters. The molecule has 0 N–H and O–H groups in total. The summed E-state index contributed by atoms with van der Waals surface area (Å²) < 4.78 is 2.94. The van der Waals surface area contributed by atoms with Gasteiger partial charge in [0.1, 0.15) is 0 Å². The predicted octanol–water partition coefficient (Wildman–Crippen LogP) is 0.830. The van der Waals surface area contributed by atoms with E-state index in [2.05, 4.69) is 0 Å². The van der Waals surface area contributed by atoms with Gasteiger partial charge in [-0.1, -0.05) is 6.42 Å². The second-order valence-electron chi connectivity index (χ2n) is 4.13. The highest BCUT2D eigenvalue weighted by atomic mass is 16.2. The summed E-state index contributed by atoms with van der Waals surface area (Å²) in [5.41, 5.74) is -0.339. The Balaban J connectivity index is 2.35. The van der Waals surface area contributed by atoms with Crippen LogP contribution >= 0.6 is 0 Å². The summed E-state index contributed by atoms with van der Waals surface area (Å²) in [5, 5.41) is 0. The van der Waals surface area contributed by atoms with Gasteiger partial charge in [-0.15, -0.1) is 0 Å². The summed E-state index contributed by atoms with van der Waals surface area (Å²) in [6, 6.07) is 1.48. The fraction of sp³-hybridized carbons (Fsp3) is 0.636. The van der Waals surface area contributed by atoms with Crippen molar-refractivity contribution >= 4 is 0 Å². The van der Waals surface area contributed by atoms with Crippen molar-refractivity contribution < 1.29 is 0 Å². The van der Waals surface area contributed by atoms with Crippen LogP contribution in [-0.2, 0) is 13.1 Å². The van der Waals surface area contributed by atoms with Crippen molar-refractivity contribution in [1.82, 2.24) is 9.13 Å². The van der Waals surface area contributed by atoms with Crippen molar-refractivity contribution in [2.45, 2.75) is 39.3 Å². The van der Waals surface area contributed by atoms with E-state index in [1.54, 1.807) is 10.8 Å². The van der Waals surface area contributed by atoms with E-state index >= 15 is 0 Å². The lowest BCUT2D eigenvalue weighted by molar-refractivity contribution is 0.267. The van der Waals surface area contributed by atoms with E-state index in [1.165, 1.54) is 17.1 Å². The quantitative estimate of drug-likeness (QED) is 0.738. The van der Waals surface area contributed by atoms with Crippen molar-refractivity contribution in [3.63, 3.8) is 0 Å². The largest absolute Gasteiger partial charge is 0.330 e. The maximum Gasteiger partial charge on any atom is 0.330 e. The average Bonchev–Trinajstić information content (AvgIpc) is 2.15. The second-order valence-corrected chi connectivity index (χ2v) is 4.13. The first-order valence-corrected chi connectivity index (χ1v) is 5.52. The molecule has 0 bridgehead atoms. The third-order valence-corrected chi connectivity index (χ3v) is 3.15. The lowest BCUT2D eigenvalue weighted by Crippen LogP contribution is -2.41. The summed E-state index contributed by atoms with van der Waals surface area (Å²) in [6.07, 6.45) is 5.09. The van der Waals surface area contributed by atoms with Crippen LogP contribution in [0, 0.1) is 5.92 Å². The Morgan fingerprint density at radius 2 is 2.13 bits per heavy atom. The van der Waals surface area contributed by atoms with Gasteiger partial charge in [0.2, 0.25) is 0 Å². The normalized spacial score (nSPS) is 16.3. The molecule has 1 aliphatic carbocycles. The third kappa shape index (κ3) is 1.89. The molecular weight excluding hydrogens is 192 g/mol. The van der Waals surface area contributed by atoms with Gasteiger partial charge in [-0.3, -0.25) is 9.36 Å². The Morgan fingerprint density at radius 1 is 1.40 bits per heavy atom. The summed E-state index contributed by atoms with van der Waals surface area (Å²) in [4.78, 5) is 23.4. The van der Waals surface area contributed by atoms with Crippen molar-refractivity contribution in [3.05, 3.63) is 33.1 Å². The van der Waals surface area contributed by atoms with Crippen molar-refractivity contribution in [2.24, 2.45) is 5.92 Å². The Kier molecular flexibility index (Phi) is 2.75. The molecule has 4 nitrogen and oxygen atoms in total. The fourth-order valence-electron chi connectivity index (χ4n) is 1.90. The van der Waals surface area contributed by atoms with Crippen molar-refractivity contribution in [2.75, 3.05) is 0 Å². The lowest BCUT2D eigenvalue weighted by Gasteiger charge is -2.25. The Labute approximate surface area is 88.2 Å². The molecule has 82 valence electrons. The molecule has 0 saturated heterocycles. The zero-order chi connectivity index (χ0) is 10.8. The molecule has 0 amide bonds. The average molecular weight is 208 g/mol. The number of aryl methyl sites for hydroxylation is 1. The van der Waals surface area contributed by atoms with Gasteiger partial charge < -0.3 is 4.57 Å². The van der Waals surface area contributed by atoms with Gasteiger partial charge in [-0.05, 0) is 25.7 Å². The molecular formula is C11H16N2O2. The van der Waals surface area contributed by atoms with Crippen LogP contribution in [0.25, 0.3) is 0 Å². The van der Waals surface area contributed by atoms with Crippen LogP contribution in [0.5, 0.6) is 0 Å². The molecule has 0 aliphatic heterocycles.